The van der Waals surface area contributed by atoms with Crippen LogP contribution < -0.4 is 5.32 Å². The summed E-state index contributed by atoms with van der Waals surface area (Å²) in [5, 5.41) is 3.00. The highest BCUT2D eigenvalue weighted by atomic mass is 127. The van der Waals surface area contributed by atoms with Crippen molar-refractivity contribution >= 4 is 29.9 Å². The summed E-state index contributed by atoms with van der Waals surface area (Å²) in [6.45, 7) is 2.82. The molecule has 0 atom stereocenters. The third-order valence-corrected chi connectivity index (χ3v) is 2.80. The fourth-order valence-electron chi connectivity index (χ4n) is 1.74. The number of nitrogens with one attached hydrogen (secondary N) is 1. The summed E-state index contributed by atoms with van der Waals surface area (Å²) in [5.41, 5.74) is 1.06. The van der Waals surface area contributed by atoms with Crippen LogP contribution in [0, 0.1) is 0 Å². The first-order valence-electron chi connectivity index (χ1n) is 6.50. The van der Waals surface area contributed by atoms with Crippen LogP contribution in [0.2, 0.25) is 0 Å². The van der Waals surface area contributed by atoms with E-state index in [2.05, 4.69) is 10.3 Å². The van der Waals surface area contributed by atoms with Crippen LogP contribution in [0.1, 0.15) is 19.0 Å². The van der Waals surface area contributed by atoms with Crippen molar-refractivity contribution in [2.24, 2.45) is 12.0 Å². The maximum atomic E-state index is 12.1. The van der Waals surface area contributed by atoms with Gasteiger partial charge in [-0.1, -0.05) is 0 Å². The summed E-state index contributed by atoms with van der Waals surface area (Å²) < 4.78 is 38.4. The Morgan fingerprint density at radius 2 is 2.10 bits per heavy atom. The lowest BCUT2D eigenvalue weighted by molar-refractivity contribution is -0.132. The molecule has 0 aromatic carbocycles. The molecule has 0 aliphatic rings. The maximum Gasteiger partial charge on any atom is 0.390 e. The number of aliphatic imine (C=N–C) groups is 1. The second-order valence-electron chi connectivity index (χ2n) is 4.57. The summed E-state index contributed by atoms with van der Waals surface area (Å²) in [7, 11) is 3.74. The highest BCUT2D eigenvalue weighted by Gasteiger charge is 2.26. The van der Waals surface area contributed by atoms with Crippen LogP contribution in [0.15, 0.2) is 23.3 Å². The van der Waals surface area contributed by atoms with Crippen LogP contribution >= 0.6 is 24.0 Å². The molecule has 0 saturated carbocycles. The molecule has 0 bridgehead atoms. The van der Waals surface area contributed by atoms with E-state index in [9.17, 15) is 13.2 Å². The van der Waals surface area contributed by atoms with Crippen LogP contribution in [-0.2, 0) is 13.6 Å². The molecule has 0 radical (unpaired) electrons. The van der Waals surface area contributed by atoms with Crippen LogP contribution in [0.25, 0.3) is 0 Å². The normalized spacial score (nSPS) is 12.0. The monoisotopic (exact) mass is 418 g/mol. The zero-order chi connectivity index (χ0) is 15.2. The number of rotatable bonds is 5. The van der Waals surface area contributed by atoms with Gasteiger partial charge in [0.1, 0.15) is 0 Å². The predicted molar refractivity (Wildman–Crippen MR) is 88.9 cm³/mol. The van der Waals surface area contributed by atoms with Crippen molar-refractivity contribution in [2.75, 3.05) is 20.1 Å². The molecule has 0 unspecified atom stereocenters. The first-order valence-corrected chi connectivity index (χ1v) is 6.50. The fourth-order valence-corrected chi connectivity index (χ4v) is 1.74. The second kappa shape index (κ2) is 9.16. The number of guanidine groups is 1. The molecule has 122 valence electrons. The van der Waals surface area contributed by atoms with E-state index < -0.39 is 12.6 Å². The largest absolute Gasteiger partial charge is 0.390 e. The third kappa shape index (κ3) is 7.58. The van der Waals surface area contributed by atoms with Gasteiger partial charge < -0.3 is 14.8 Å². The summed E-state index contributed by atoms with van der Waals surface area (Å²) in [6.07, 6.45) is -3.14. The second-order valence-corrected chi connectivity index (χ2v) is 4.57. The zero-order valence-electron chi connectivity index (χ0n) is 12.4. The van der Waals surface area contributed by atoms with Gasteiger partial charge in [-0.05, 0) is 19.1 Å². The van der Waals surface area contributed by atoms with Gasteiger partial charge in [0.15, 0.2) is 5.96 Å². The SMILES string of the molecule is CCNC(=NCCC(F)(F)F)N(C)Cc1cccn1C.I. The molecular formula is C13H22F3IN4. The minimum Gasteiger partial charge on any atom is -0.357 e. The van der Waals surface area contributed by atoms with Crippen LogP contribution in [0.3, 0.4) is 0 Å². The first kappa shape index (κ1) is 20.1. The first-order chi connectivity index (χ1) is 9.33. The minimum atomic E-state index is -4.17. The van der Waals surface area contributed by atoms with E-state index in [0.29, 0.717) is 19.0 Å². The molecule has 1 heterocycles. The number of hydrogen-bond donors (Lipinski definition) is 1. The van der Waals surface area contributed by atoms with Gasteiger partial charge in [-0.2, -0.15) is 13.2 Å². The summed E-state index contributed by atoms with van der Waals surface area (Å²) >= 11 is 0. The number of nitrogens with zero attached hydrogens (tertiary/aromatic N) is 3. The van der Waals surface area contributed by atoms with Crippen molar-refractivity contribution in [3.8, 4) is 0 Å². The average Bonchev–Trinajstić information content (AvgIpc) is 2.72. The lowest BCUT2D eigenvalue weighted by Gasteiger charge is -2.22. The van der Waals surface area contributed by atoms with E-state index in [4.69, 9.17) is 0 Å². The van der Waals surface area contributed by atoms with Gasteiger partial charge in [0.2, 0.25) is 0 Å². The van der Waals surface area contributed by atoms with Crippen LogP contribution in [-0.4, -0.2) is 41.7 Å². The third-order valence-electron chi connectivity index (χ3n) is 2.80. The Morgan fingerprint density at radius 1 is 1.43 bits per heavy atom. The van der Waals surface area contributed by atoms with E-state index in [-0.39, 0.29) is 30.5 Å². The van der Waals surface area contributed by atoms with Crippen molar-refractivity contribution in [2.45, 2.75) is 26.1 Å². The van der Waals surface area contributed by atoms with Crippen LogP contribution in [0.4, 0.5) is 13.2 Å². The predicted octanol–water partition coefficient (Wildman–Crippen LogP) is 2.99. The number of halogens is 4. The van der Waals surface area contributed by atoms with Gasteiger partial charge >= 0.3 is 6.18 Å². The Labute approximate surface area is 140 Å². The van der Waals surface area contributed by atoms with Gasteiger partial charge in [0, 0.05) is 32.5 Å². The highest BCUT2D eigenvalue weighted by molar-refractivity contribution is 14.0. The van der Waals surface area contributed by atoms with E-state index in [1.807, 2.05) is 48.8 Å². The van der Waals surface area contributed by atoms with Crippen molar-refractivity contribution in [1.82, 2.24) is 14.8 Å². The maximum absolute atomic E-state index is 12.1. The van der Waals surface area contributed by atoms with E-state index >= 15 is 0 Å². The standard InChI is InChI=1S/C13H21F3N4.HI/c1-4-17-12(18-8-7-13(14,15)16)20(3)10-11-6-5-9-19(11)2;/h5-6,9H,4,7-8,10H2,1-3H3,(H,17,18);1H. The van der Waals surface area contributed by atoms with Gasteiger partial charge in [-0.15, -0.1) is 24.0 Å². The smallest absolute Gasteiger partial charge is 0.357 e. The molecule has 1 rings (SSSR count). The van der Waals surface area contributed by atoms with E-state index in [1.54, 1.807) is 0 Å². The van der Waals surface area contributed by atoms with Crippen molar-refractivity contribution in [1.29, 1.82) is 0 Å². The average molecular weight is 418 g/mol. The summed E-state index contributed by atoms with van der Waals surface area (Å²) in [4.78, 5) is 5.83. The number of alkyl halides is 3. The number of aromatic nitrogens is 1. The molecule has 1 aromatic rings. The lowest BCUT2D eigenvalue weighted by atomic mass is 10.4. The van der Waals surface area contributed by atoms with Gasteiger partial charge in [0.25, 0.3) is 0 Å². The summed E-state index contributed by atoms with van der Waals surface area (Å²) in [6, 6.07) is 3.90. The Balaban J connectivity index is 0.00000400. The topological polar surface area (TPSA) is 32.6 Å². The quantitative estimate of drug-likeness (QED) is 0.453. The molecular weight excluding hydrogens is 396 g/mol. The molecule has 0 spiro atoms. The Bertz CT molecular complexity index is 443. The number of aryl methyl sites for hydroxylation is 1. The van der Waals surface area contributed by atoms with Crippen molar-refractivity contribution in [3.63, 3.8) is 0 Å². The summed E-state index contributed by atoms with van der Waals surface area (Å²) in [5.74, 6) is 0.484. The molecule has 4 nitrogen and oxygen atoms in total. The molecule has 0 aliphatic heterocycles. The lowest BCUT2D eigenvalue weighted by Crippen LogP contribution is -2.39. The molecule has 1 aromatic heterocycles. The molecule has 8 heteroatoms. The molecule has 0 amide bonds. The van der Waals surface area contributed by atoms with E-state index in [1.165, 1.54) is 0 Å². The van der Waals surface area contributed by atoms with E-state index in [0.717, 1.165) is 5.69 Å². The van der Waals surface area contributed by atoms with Crippen molar-refractivity contribution in [3.05, 3.63) is 24.0 Å². The molecule has 0 aliphatic carbocycles. The van der Waals surface area contributed by atoms with Gasteiger partial charge in [-0.3, -0.25) is 4.99 Å². The van der Waals surface area contributed by atoms with Crippen LogP contribution in [0.5, 0.6) is 0 Å². The van der Waals surface area contributed by atoms with Gasteiger partial charge in [-0.25, -0.2) is 0 Å². The Hall–Kier alpha value is -0.930. The number of hydrogen-bond acceptors (Lipinski definition) is 1. The fraction of sp³-hybridized carbons (Fsp3) is 0.615. The zero-order valence-corrected chi connectivity index (χ0v) is 14.8. The highest BCUT2D eigenvalue weighted by Crippen LogP contribution is 2.19. The Morgan fingerprint density at radius 3 is 2.57 bits per heavy atom. The molecule has 1 N–H and O–H groups in total. The molecule has 0 fully saturated rings. The van der Waals surface area contributed by atoms with Crippen molar-refractivity contribution < 1.29 is 13.2 Å². The molecule has 0 saturated heterocycles. The Kier molecular flexibility index (Phi) is 8.76. The minimum absolute atomic E-state index is 0. The van der Waals surface area contributed by atoms with Gasteiger partial charge in [0.05, 0.1) is 19.5 Å². The molecule has 21 heavy (non-hydrogen) atoms.